The molecule has 2 saturated heterocycles. The standard InChI is InChI=1S/C25H30F2N2O3/c1-28-23(17-32-24(28)30)3-2-14-29-15-12-20(13-16-29)25(31,18-4-8-21(26)9-5-18)19-6-10-22(27)11-7-19/h4-11,20,23,31H,2-3,12-17H2,1H3. The molecule has 1 unspecified atom stereocenters. The third kappa shape index (κ3) is 4.64. The number of amides is 1. The lowest BCUT2D eigenvalue weighted by Gasteiger charge is -2.42. The Balaban J connectivity index is 1.41. The van der Waals surface area contributed by atoms with Crippen molar-refractivity contribution in [1.82, 2.24) is 9.80 Å². The van der Waals surface area contributed by atoms with E-state index in [4.69, 9.17) is 4.74 Å². The predicted octanol–water partition coefficient (Wildman–Crippen LogP) is 4.14. The second-order valence-electron chi connectivity index (χ2n) is 8.88. The second kappa shape index (κ2) is 9.55. The van der Waals surface area contributed by atoms with Gasteiger partial charge in [0.2, 0.25) is 0 Å². The van der Waals surface area contributed by atoms with E-state index < -0.39 is 5.60 Å². The zero-order valence-electron chi connectivity index (χ0n) is 18.3. The van der Waals surface area contributed by atoms with Gasteiger partial charge in [-0.2, -0.15) is 0 Å². The molecule has 0 bridgehead atoms. The van der Waals surface area contributed by atoms with Gasteiger partial charge in [-0.15, -0.1) is 0 Å². The van der Waals surface area contributed by atoms with E-state index in [9.17, 15) is 18.7 Å². The number of halogens is 2. The average Bonchev–Trinajstić information content (AvgIpc) is 3.12. The van der Waals surface area contributed by atoms with Gasteiger partial charge in [0, 0.05) is 7.05 Å². The molecule has 2 aliphatic heterocycles. The number of aliphatic hydroxyl groups is 1. The molecule has 172 valence electrons. The highest BCUT2D eigenvalue weighted by atomic mass is 19.1. The third-order valence-corrected chi connectivity index (χ3v) is 6.99. The summed E-state index contributed by atoms with van der Waals surface area (Å²) in [6, 6.07) is 12.0. The van der Waals surface area contributed by atoms with Crippen molar-refractivity contribution in [2.75, 3.05) is 33.3 Å². The van der Waals surface area contributed by atoms with Gasteiger partial charge in [-0.1, -0.05) is 24.3 Å². The molecule has 2 aromatic carbocycles. The van der Waals surface area contributed by atoms with Gasteiger partial charge in [0.05, 0.1) is 6.04 Å². The van der Waals surface area contributed by atoms with Crippen LogP contribution in [-0.2, 0) is 10.3 Å². The molecule has 1 atom stereocenters. The maximum Gasteiger partial charge on any atom is 0.409 e. The Bertz CT molecular complexity index is 866. The molecule has 1 N–H and O–H groups in total. The summed E-state index contributed by atoms with van der Waals surface area (Å²) in [5.74, 6) is -0.781. The molecule has 32 heavy (non-hydrogen) atoms. The van der Waals surface area contributed by atoms with Gasteiger partial charge in [0.25, 0.3) is 0 Å². The van der Waals surface area contributed by atoms with Crippen LogP contribution >= 0.6 is 0 Å². The van der Waals surface area contributed by atoms with Crippen molar-refractivity contribution < 1.29 is 23.4 Å². The number of hydrogen-bond acceptors (Lipinski definition) is 4. The summed E-state index contributed by atoms with van der Waals surface area (Å²) in [5, 5.41) is 11.9. The number of hydrogen-bond donors (Lipinski definition) is 1. The molecule has 1 amide bonds. The number of benzene rings is 2. The lowest BCUT2D eigenvalue weighted by molar-refractivity contribution is -0.0145. The Labute approximate surface area is 187 Å². The summed E-state index contributed by atoms with van der Waals surface area (Å²) in [6.07, 6.45) is 3.16. The smallest absolute Gasteiger partial charge is 0.409 e. The van der Waals surface area contributed by atoms with E-state index in [1.165, 1.54) is 24.3 Å². The fourth-order valence-electron chi connectivity index (χ4n) is 4.98. The second-order valence-corrected chi connectivity index (χ2v) is 8.88. The van der Waals surface area contributed by atoms with Crippen LogP contribution in [0, 0.1) is 17.6 Å². The minimum atomic E-state index is -1.31. The third-order valence-electron chi connectivity index (χ3n) is 6.99. The predicted molar refractivity (Wildman–Crippen MR) is 117 cm³/mol. The van der Waals surface area contributed by atoms with Crippen LogP contribution in [0.25, 0.3) is 0 Å². The van der Waals surface area contributed by atoms with E-state index >= 15 is 0 Å². The largest absolute Gasteiger partial charge is 0.447 e. The lowest BCUT2D eigenvalue weighted by atomic mass is 9.72. The van der Waals surface area contributed by atoms with Crippen LogP contribution in [0.4, 0.5) is 13.6 Å². The van der Waals surface area contributed by atoms with Crippen LogP contribution in [0.5, 0.6) is 0 Å². The van der Waals surface area contributed by atoms with E-state index in [0.717, 1.165) is 45.3 Å². The molecule has 0 saturated carbocycles. The first-order valence-electron chi connectivity index (χ1n) is 11.2. The molecule has 0 spiro atoms. The van der Waals surface area contributed by atoms with Crippen molar-refractivity contribution in [2.45, 2.75) is 37.3 Å². The molecule has 4 rings (SSSR count). The van der Waals surface area contributed by atoms with Crippen LogP contribution in [0.15, 0.2) is 48.5 Å². The Hall–Kier alpha value is -2.51. The summed E-state index contributed by atoms with van der Waals surface area (Å²) >= 11 is 0. The molecule has 2 aromatic rings. The maximum absolute atomic E-state index is 13.5. The summed E-state index contributed by atoms with van der Waals surface area (Å²) in [5.41, 5.74) is -0.0617. The highest BCUT2D eigenvalue weighted by molar-refractivity contribution is 5.69. The van der Waals surface area contributed by atoms with Crippen LogP contribution < -0.4 is 0 Å². The van der Waals surface area contributed by atoms with Gasteiger partial charge in [-0.05, 0) is 86.6 Å². The summed E-state index contributed by atoms with van der Waals surface area (Å²) in [7, 11) is 1.78. The lowest BCUT2D eigenvalue weighted by Crippen LogP contribution is -2.44. The van der Waals surface area contributed by atoms with E-state index in [1.54, 1.807) is 36.2 Å². The van der Waals surface area contributed by atoms with Gasteiger partial charge in [-0.3, -0.25) is 0 Å². The Kier molecular flexibility index (Phi) is 6.76. The highest BCUT2D eigenvalue weighted by Gasteiger charge is 2.41. The molecule has 7 heteroatoms. The van der Waals surface area contributed by atoms with E-state index in [-0.39, 0.29) is 29.7 Å². The monoisotopic (exact) mass is 444 g/mol. The number of piperidine rings is 1. The maximum atomic E-state index is 13.5. The highest BCUT2D eigenvalue weighted by Crippen LogP contribution is 2.42. The van der Waals surface area contributed by atoms with Crippen molar-refractivity contribution >= 4 is 6.09 Å². The zero-order valence-corrected chi connectivity index (χ0v) is 18.3. The molecule has 0 aromatic heterocycles. The van der Waals surface area contributed by atoms with Gasteiger partial charge in [-0.25, -0.2) is 13.6 Å². The first kappa shape index (κ1) is 22.7. The number of likely N-dealkylation sites (N-methyl/N-ethyl adjacent to an activating group) is 1. The molecular formula is C25H30F2N2O3. The van der Waals surface area contributed by atoms with Crippen molar-refractivity contribution in [3.8, 4) is 0 Å². The van der Waals surface area contributed by atoms with Crippen LogP contribution in [0.2, 0.25) is 0 Å². The minimum Gasteiger partial charge on any atom is -0.447 e. The van der Waals surface area contributed by atoms with Crippen LogP contribution in [-0.4, -0.2) is 60.3 Å². The topological polar surface area (TPSA) is 53.0 Å². The van der Waals surface area contributed by atoms with Crippen LogP contribution in [0.3, 0.4) is 0 Å². The number of carbonyl (C=O) groups excluding carboxylic acids is 1. The SMILES string of the molecule is CN1C(=O)OCC1CCCN1CCC(C(O)(c2ccc(F)cc2)c2ccc(F)cc2)CC1. The molecule has 5 nitrogen and oxygen atoms in total. The zero-order chi connectivity index (χ0) is 22.7. The number of rotatable bonds is 7. The number of cyclic esters (lactones) is 1. The summed E-state index contributed by atoms with van der Waals surface area (Å²) < 4.78 is 32.1. The van der Waals surface area contributed by atoms with Crippen molar-refractivity contribution in [3.63, 3.8) is 0 Å². The van der Waals surface area contributed by atoms with Crippen molar-refractivity contribution in [2.24, 2.45) is 5.92 Å². The Morgan fingerprint density at radius 3 is 2.00 bits per heavy atom. The van der Waals surface area contributed by atoms with Gasteiger partial charge in [0.15, 0.2) is 0 Å². The van der Waals surface area contributed by atoms with Crippen LogP contribution in [0.1, 0.15) is 36.8 Å². The van der Waals surface area contributed by atoms with Gasteiger partial charge in [0.1, 0.15) is 23.8 Å². The molecule has 0 radical (unpaired) electrons. The fourth-order valence-corrected chi connectivity index (χ4v) is 4.98. The minimum absolute atomic E-state index is 0.0679. The number of likely N-dealkylation sites (tertiary alicyclic amines) is 1. The van der Waals surface area contributed by atoms with Crippen molar-refractivity contribution in [3.05, 3.63) is 71.3 Å². The quantitative estimate of drug-likeness (QED) is 0.697. The summed E-state index contributed by atoms with van der Waals surface area (Å²) in [6.45, 7) is 3.06. The van der Waals surface area contributed by atoms with Crippen molar-refractivity contribution in [1.29, 1.82) is 0 Å². The van der Waals surface area contributed by atoms with E-state index in [0.29, 0.717) is 17.7 Å². The molecular weight excluding hydrogens is 414 g/mol. The van der Waals surface area contributed by atoms with E-state index in [1.807, 2.05) is 0 Å². The Morgan fingerprint density at radius 1 is 1.00 bits per heavy atom. The normalized spacial score (nSPS) is 20.6. The molecule has 2 heterocycles. The first-order valence-corrected chi connectivity index (χ1v) is 11.2. The average molecular weight is 445 g/mol. The fraction of sp³-hybridized carbons (Fsp3) is 0.480. The Morgan fingerprint density at radius 2 is 1.53 bits per heavy atom. The van der Waals surface area contributed by atoms with Gasteiger partial charge >= 0.3 is 6.09 Å². The number of ether oxygens (including phenoxy) is 1. The first-order chi connectivity index (χ1) is 15.4. The summed E-state index contributed by atoms with van der Waals surface area (Å²) in [4.78, 5) is 15.5. The number of carbonyl (C=O) groups is 1. The number of nitrogens with zero attached hydrogens (tertiary/aromatic N) is 2. The molecule has 2 aliphatic rings. The molecule has 0 aliphatic carbocycles. The van der Waals surface area contributed by atoms with E-state index in [2.05, 4.69) is 4.90 Å². The molecule has 2 fully saturated rings. The van der Waals surface area contributed by atoms with Gasteiger partial charge < -0.3 is 19.6 Å².